The van der Waals surface area contributed by atoms with E-state index in [1.165, 1.54) is 5.56 Å². The van der Waals surface area contributed by atoms with Crippen LogP contribution in [0.1, 0.15) is 18.1 Å². The Bertz CT molecular complexity index is 300. The molecule has 0 saturated carbocycles. The molecule has 0 heterocycles. The molecule has 0 atom stereocenters. The number of ether oxygens (including phenoxy) is 1. The van der Waals surface area contributed by atoms with Crippen molar-refractivity contribution < 1.29 is 4.74 Å². The van der Waals surface area contributed by atoms with Crippen molar-refractivity contribution in [3.8, 4) is 5.75 Å². The largest absolute Gasteiger partial charge is 0.496 e. The fraction of sp³-hybridized carbons (Fsp3) is 0.273. The van der Waals surface area contributed by atoms with E-state index in [9.17, 15) is 0 Å². The molecule has 0 bridgehead atoms. The Morgan fingerprint density at radius 2 is 2.08 bits per heavy atom. The SMILES string of the molecule is C=C(C)c1ccc(OC)c(C)c1. The predicted molar refractivity (Wildman–Crippen MR) is 52.4 cm³/mol. The minimum absolute atomic E-state index is 0.931. The number of allylic oxidation sites excluding steroid dienone is 1. The van der Waals surface area contributed by atoms with Crippen molar-refractivity contribution in [3.05, 3.63) is 35.9 Å². The lowest BCUT2D eigenvalue weighted by Gasteiger charge is -2.06. The van der Waals surface area contributed by atoms with E-state index < -0.39 is 0 Å². The molecular formula is C11H14O. The number of methoxy groups -OCH3 is 1. The highest BCUT2D eigenvalue weighted by atomic mass is 16.5. The van der Waals surface area contributed by atoms with Crippen molar-refractivity contribution in [1.82, 2.24) is 0 Å². The lowest BCUT2D eigenvalue weighted by molar-refractivity contribution is 0.411. The minimum Gasteiger partial charge on any atom is -0.496 e. The highest BCUT2D eigenvalue weighted by Crippen LogP contribution is 2.21. The smallest absolute Gasteiger partial charge is 0.121 e. The maximum Gasteiger partial charge on any atom is 0.121 e. The van der Waals surface area contributed by atoms with Crippen LogP contribution in [0.5, 0.6) is 5.75 Å². The first-order valence-electron chi connectivity index (χ1n) is 3.95. The van der Waals surface area contributed by atoms with E-state index in [2.05, 4.69) is 12.6 Å². The van der Waals surface area contributed by atoms with Gasteiger partial charge in [-0.25, -0.2) is 0 Å². The summed E-state index contributed by atoms with van der Waals surface area (Å²) in [6.45, 7) is 7.92. The van der Waals surface area contributed by atoms with Gasteiger partial charge < -0.3 is 4.74 Å². The van der Waals surface area contributed by atoms with E-state index in [1.807, 2.05) is 26.0 Å². The van der Waals surface area contributed by atoms with Gasteiger partial charge in [0.1, 0.15) is 5.75 Å². The first-order valence-corrected chi connectivity index (χ1v) is 3.95. The lowest BCUT2D eigenvalue weighted by Crippen LogP contribution is -1.88. The highest BCUT2D eigenvalue weighted by Gasteiger charge is 1.99. The fourth-order valence-corrected chi connectivity index (χ4v) is 1.14. The summed E-state index contributed by atoms with van der Waals surface area (Å²) in [5.74, 6) is 0.931. The summed E-state index contributed by atoms with van der Waals surface area (Å²) in [5, 5.41) is 0. The Balaban J connectivity index is 3.10. The van der Waals surface area contributed by atoms with Crippen molar-refractivity contribution in [3.63, 3.8) is 0 Å². The molecule has 0 spiro atoms. The number of rotatable bonds is 2. The molecule has 0 aromatic heterocycles. The average molecular weight is 162 g/mol. The second kappa shape index (κ2) is 3.44. The van der Waals surface area contributed by atoms with Crippen LogP contribution >= 0.6 is 0 Å². The quantitative estimate of drug-likeness (QED) is 0.649. The van der Waals surface area contributed by atoms with Crippen LogP contribution in [0.15, 0.2) is 24.8 Å². The molecule has 1 nitrogen and oxygen atoms in total. The van der Waals surface area contributed by atoms with E-state index >= 15 is 0 Å². The molecule has 0 unspecified atom stereocenters. The number of hydrogen-bond donors (Lipinski definition) is 0. The van der Waals surface area contributed by atoms with Gasteiger partial charge in [0, 0.05) is 0 Å². The van der Waals surface area contributed by atoms with Crippen LogP contribution in [0.3, 0.4) is 0 Å². The molecule has 0 amide bonds. The van der Waals surface area contributed by atoms with Crippen molar-refractivity contribution in [1.29, 1.82) is 0 Å². The first-order chi connectivity index (χ1) is 5.65. The van der Waals surface area contributed by atoms with E-state index in [-0.39, 0.29) is 0 Å². The van der Waals surface area contributed by atoms with Crippen molar-refractivity contribution >= 4 is 5.57 Å². The molecule has 1 heteroatoms. The van der Waals surface area contributed by atoms with E-state index in [0.29, 0.717) is 0 Å². The predicted octanol–water partition coefficient (Wildman–Crippen LogP) is 3.04. The summed E-state index contributed by atoms with van der Waals surface area (Å²) in [6, 6.07) is 6.08. The standard InChI is InChI=1S/C11H14O/c1-8(2)10-5-6-11(12-4)9(3)7-10/h5-7H,1H2,2-4H3. The molecule has 1 aromatic carbocycles. The Kier molecular flexibility index (Phi) is 2.54. The van der Waals surface area contributed by atoms with Gasteiger partial charge in [0.25, 0.3) is 0 Å². The van der Waals surface area contributed by atoms with Gasteiger partial charge in [0.05, 0.1) is 7.11 Å². The zero-order valence-electron chi connectivity index (χ0n) is 7.85. The summed E-state index contributed by atoms with van der Waals surface area (Å²) in [6.07, 6.45) is 0. The second-order valence-corrected chi connectivity index (χ2v) is 2.96. The Morgan fingerprint density at radius 3 is 2.50 bits per heavy atom. The third-order valence-corrected chi connectivity index (χ3v) is 1.89. The number of benzene rings is 1. The van der Waals surface area contributed by atoms with Crippen molar-refractivity contribution in [2.45, 2.75) is 13.8 Å². The summed E-state index contributed by atoms with van der Waals surface area (Å²) < 4.78 is 5.15. The molecule has 64 valence electrons. The summed E-state index contributed by atoms with van der Waals surface area (Å²) in [7, 11) is 1.68. The number of hydrogen-bond acceptors (Lipinski definition) is 1. The molecular weight excluding hydrogens is 148 g/mol. The van der Waals surface area contributed by atoms with Crippen LogP contribution in [-0.2, 0) is 0 Å². The maximum atomic E-state index is 5.15. The van der Waals surface area contributed by atoms with E-state index in [1.54, 1.807) is 7.11 Å². The molecule has 1 aromatic rings. The van der Waals surface area contributed by atoms with Crippen LogP contribution in [0.4, 0.5) is 0 Å². The van der Waals surface area contributed by atoms with Gasteiger partial charge in [-0.15, -0.1) is 0 Å². The van der Waals surface area contributed by atoms with Crippen LogP contribution in [0.2, 0.25) is 0 Å². The van der Waals surface area contributed by atoms with Crippen molar-refractivity contribution in [2.24, 2.45) is 0 Å². The molecule has 0 aliphatic heterocycles. The molecule has 1 rings (SSSR count). The molecule has 0 saturated heterocycles. The van der Waals surface area contributed by atoms with E-state index in [0.717, 1.165) is 16.9 Å². The van der Waals surface area contributed by atoms with Crippen molar-refractivity contribution in [2.75, 3.05) is 7.11 Å². The Hall–Kier alpha value is -1.24. The molecule has 0 N–H and O–H groups in total. The third-order valence-electron chi connectivity index (χ3n) is 1.89. The molecule has 0 aliphatic carbocycles. The normalized spacial score (nSPS) is 9.58. The fourth-order valence-electron chi connectivity index (χ4n) is 1.14. The van der Waals surface area contributed by atoms with Crippen LogP contribution < -0.4 is 4.74 Å². The Labute approximate surface area is 73.7 Å². The zero-order valence-corrected chi connectivity index (χ0v) is 7.85. The van der Waals surface area contributed by atoms with Gasteiger partial charge in [-0.3, -0.25) is 0 Å². The van der Waals surface area contributed by atoms with Gasteiger partial charge in [0.15, 0.2) is 0 Å². The summed E-state index contributed by atoms with van der Waals surface area (Å²) in [4.78, 5) is 0. The lowest BCUT2D eigenvalue weighted by atomic mass is 10.1. The maximum absolute atomic E-state index is 5.15. The van der Waals surface area contributed by atoms with Crippen LogP contribution in [-0.4, -0.2) is 7.11 Å². The monoisotopic (exact) mass is 162 g/mol. The van der Waals surface area contributed by atoms with Gasteiger partial charge >= 0.3 is 0 Å². The van der Waals surface area contributed by atoms with Gasteiger partial charge in [-0.2, -0.15) is 0 Å². The topological polar surface area (TPSA) is 9.23 Å². The zero-order chi connectivity index (χ0) is 9.14. The molecule has 0 aliphatic rings. The third kappa shape index (κ3) is 1.67. The first kappa shape index (κ1) is 8.85. The highest BCUT2D eigenvalue weighted by molar-refractivity contribution is 5.63. The van der Waals surface area contributed by atoms with E-state index in [4.69, 9.17) is 4.74 Å². The summed E-state index contributed by atoms with van der Waals surface area (Å²) >= 11 is 0. The van der Waals surface area contributed by atoms with Gasteiger partial charge in [-0.05, 0) is 37.1 Å². The molecule has 0 fully saturated rings. The average Bonchev–Trinajstić information content (AvgIpc) is 2.04. The van der Waals surface area contributed by atoms with Crippen LogP contribution in [0, 0.1) is 6.92 Å². The second-order valence-electron chi connectivity index (χ2n) is 2.96. The van der Waals surface area contributed by atoms with Crippen LogP contribution in [0.25, 0.3) is 5.57 Å². The molecule has 0 radical (unpaired) electrons. The van der Waals surface area contributed by atoms with Gasteiger partial charge in [-0.1, -0.05) is 18.2 Å². The Morgan fingerprint density at radius 1 is 1.42 bits per heavy atom. The van der Waals surface area contributed by atoms with Gasteiger partial charge in [0.2, 0.25) is 0 Å². The number of aryl methyl sites for hydroxylation is 1. The summed E-state index contributed by atoms with van der Waals surface area (Å²) in [5.41, 5.74) is 3.41. The molecule has 12 heavy (non-hydrogen) atoms. The minimum atomic E-state index is 0.931.